The number of non-ortho nitro benzene ring substituents is 1. The van der Waals surface area contributed by atoms with E-state index in [0.717, 1.165) is 18.2 Å². The third-order valence-corrected chi connectivity index (χ3v) is 3.88. The normalized spacial score (nSPS) is 15.9. The van der Waals surface area contributed by atoms with Gasteiger partial charge in [0.2, 0.25) is 0 Å². The number of nitro benzene ring substituents is 1. The zero-order valence-electron chi connectivity index (χ0n) is 12.4. The molecule has 0 radical (unpaired) electrons. The minimum absolute atomic E-state index is 0.0193. The number of phenolic OH excluding ortho intramolecular Hbond substituents is 1. The molecule has 9 nitrogen and oxygen atoms in total. The molecule has 1 N–H and O–H groups in total. The van der Waals surface area contributed by atoms with E-state index in [1.165, 1.54) is 6.08 Å². The Kier molecular flexibility index (Phi) is 5.19. The Morgan fingerprint density at radius 1 is 1.46 bits per heavy atom. The van der Waals surface area contributed by atoms with Gasteiger partial charge in [-0.15, -0.1) is 0 Å². The summed E-state index contributed by atoms with van der Waals surface area (Å²) in [6.45, 7) is 1.19. The number of nitrogens with zero attached hydrogens (tertiary/aromatic N) is 2. The molecule has 0 saturated carbocycles. The van der Waals surface area contributed by atoms with Gasteiger partial charge >= 0.3 is 5.97 Å². The Morgan fingerprint density at radius 2 is 2.17 bits per heavy atom. The number of hydrogen-bond acceptors (Lipinski definition) is 8. The van der Waals surface area contributed by atoms with Crippen molar-refractivity contribution in [2.75, 3.05) is 13.2 Å². The number of imide groups is 1. The minimum Gasteiger partial charge on any atom is -0.507 e. The molecule has 1 saturated heterocycles. The van der Waals surface area contributed by atoms with Crippen molar-refractivity contribution in [3.8, 4) is 5.75 Å². The molecule has 0 spiro atoms. The van der Waals surface area contributed by atoms with Crippen molar-refractivity contribution in [1.29, 1.82) is 0 Å². The Bertz CT molecular complexity index is 759. The van der Waals surface area contributed by atoms with Gasteiger partial charge in [0.15, 0.2) is 0 Å². The third kappa shape index (κ3) is 3.71. The summed E-state index contributed by atoms with van der Waals surface area (Å²) in [5.41, 5.74) is -0.254. The van der Waals surface area contributed by atoms with Gasteiger partial charge in [0.05, 0.1) is 16.4 Å². The van der Waals surface area contributed by atoms with Crippen molar-refractivity contribution in [1.82, 2.24) is 4.90 Å². The molecule has 0 unspecified atom stereocenters. The summed E-state index contributed by atoms with van der Waals surface area (Å²) in [6, 6.07) is 3.31. The Hall–Kier alpha value is -2.88. The van der Waals surface area contributed by atoms with E-state index in [0.29, 0.717) is 16.7 Å². The first-order valence-corrected chi connectivity index (χ1v) is 7.53. The van der Waals surface area contributed by atoms with E-state index in [1.54, 1.807) is 6.92 Å². The number of ether oxygens (including phenoxy) is 1. The average molecular weight is 352 g/mol. The molecule has 1 aromatic carbocycles. The fraction of sp³-hybridized carbons (Fsp3) is 0.214. The first-order valence-electron chi connectivity index (χ1n) is 6.72. The third-order valence-electron chi connectivity index (χ3n) is 2.97. The summed E-state index contributed by atoms with van der Waals surface area (Å²) in [6.07, 6.45) is 1.17. The smallest absolute Gasteiger partial charge is 0.326 e. The molecule has 1 fully saturated rings. The van der Waals surface area contributed by atoms with Gasteiger partial charge in [-0.1, -0.05) is 0 Å². The maximum Gasteiger partial charge on any atom is 0.326 e. The molecule has 0 aliphatic carbocycles. The maximum absolute atomic E-state index is 12.2. The fourth-order valence-corrected chi connectivity index (χ4v) is 2.71. The molecule has 1 aliphatic heterocycles. The van der Waals surface area contributed by atoms with Crippen molar-refractivity contribution < 1.29 is 29.2 Å². The topological polar surface area (TPSA) is 127 Å². The minimum atomic E-state index is -0.732. The number of nitro groups is 1. The van der Waals surface area contributed by atoms with Crippen molar-refractivity contribution >= 4 is 40.6 Å². The summed E-state index contributed by atoms with van der Waals surface area (Å²) in [5.74, 6) is -1.74. The second kappa shape index (κ2) is 7.13. The molecular formula is C14H12N2O7S. The van der Waals surface area contributed by atoms with Gasteiger partial charge in [-0.25, -0.2) is 0 Å². The lowest BCUT2D eigenvalue weighted by atomic mass is 10.1. The predicted molar refractivity (Wildman–Crippen MR) is 84.1 cm³/mol. The number of carbonyl (C=O) groups excluding carboxylic acids is 3. The van der Waals surface area contributed by atoms with Crippen LogP contribution in [0.1, 0.15) is 12.5 Å². The van der Waals surface area contributed by atoms with Crippen LogP contribution < -0.4 is 0 Å². The summed E-state index contributed by atoms with van der Waals surface area (Å²) in [5, 5.41) is 19.9. The van der Waals surface area contributed by atoms with Crippen molar-refractivity contribution in [3.05, 3.63) is 38.8 Å². The Morgan fingerprint density at radius 3 is 2.79 bits per heavy atom. The molecule has 1 heterocycles. The molecule has 1 aromatic rings. The quantitative estimate of drug-likeness (QED) is 0.368. The summed E-state index contributed by atoms with van der Waals surface area (Å²) in [7, 11) is 0. The standard InChI is InChI=1S/C14H12N2O7S/c1-2-23-12(18)7-15-13(19)11(24-14(15)20)6-8-5-9(16(21)22)3-4-10(8)17/h3-6,17H,2,7H2,1H3/b11-6-. The lowest BCUT2D eigenvalue weighted by Gasteiger charge is -2.10. The number of aromatic hydroxyl groups is 1. The van der Waals surface area contributed by atoms with Crippen LogP contribution in [0.25, 0.3) is 6.08 Å². The second-order valence-electron chi connectivity index (χ2n) is 4.57. The van der Waals surface area contributed by atoms with Crippen LogP contribution in [0.5, 0.6) is 5.75 Å². The summed E-state index contributed by atoms with van der Waals surface area (Å²) >= 11 is 0.569. The van der Waals surface area contributed by atoms with Crippen LogP contribution in [0.3, 0.4) is 0 Å². The average Bonchev–Trinajstić information content (AvgIpc) is 2.77. The van der Waals surface area contributed by atoms with E-state index in [-0.39, 0.29) is 28.5 Å². The largest absolute Gasteiger partial charge is 0.507 e. The number of thioether (sulfide) groups is 1. The van der Waals surface area contributed by atoms with E-state index in [1.807, 2.05) is 0 Å². The van der Waals surface area contributed by atoms with Crippen LogP contribution in [-0.4, -0.2) is 45.2 Å². The predicted octanol–water partition coefficient (Wildman–Crippen LogP) is 1.90. The maximum atomic E-state index is 12.2. The molecule has 2 amide bonds. The Labute approximate surface area is 140 Å². The monoisotopic (exact) mass is 352 g/mol. The van der Waals surface area contributed by atoms with Crippen LogP contribution >= 0.6 is 11.8 Å². The highest BCUT2D eigenvalue weighted by Crippen LogP contribution is 2.34. The molecule has 10 heteroatoms. The second-order valence-corrected chi connectivity index (χ2v) is 5.57. The van der Waals surface area contributed by atoms with Crippen molar-refractivity contribution in [2.24, 2.45) is 0 Å². The number of esters is 1. The van der Waals surface area contributed by atoms with E-state index in [4.69, 9.17) is 0 Å². The highest BCUT2D eigenvalue weighted by atomic mass is 32.2. The zero-order valence-corrected chi connectivity index (χ0v) is 13.2. The number of hydrogen-bond donors (Lipinski definition) is 1. The molecular weight excluding hydrogens is 340 g/mol. The lowest BCUT2D eigenvalue weighted by Crippen LogP contribution is -2.34. The van der Waals surface area contributed by atoms with Crippen LogP contribution in [0.15, 0.2) is 23.1 Å². The summed E-state index contributed by atoms with van der Waals surface area (Å²) in [4.78, 5) is 46.2. The van der Waals surface area contributed by atoms with E-state index < -0.39 is 28.6 Å². The molecule has 1 aliphatic rings. The molecule has 2 rings (SSSR count). The van der Waals surface area contributed by atoms with Crippen LogP contribution in [0, 0.1) is 10.1 Å². The van der Waals surface area contributed by atoms with Gasteiger partial charge in [-0.2, -0.15) is 0 Å². The van der Waals surface area contributed by atoms with Crippen LogP contribution in [-0.2, 0) is 14.3 Å². The number of carbonyl (C=O) groups is 3. The number of rotatable bonds is 5. The van der Waals surface area contributed by atoms with Gasteiger partial charge in [-0.3, -0.25) is 29.4 Å². The fourth-order valence-electron chi connectivity index (χ4n) is 1.88. The molecule has 0 bridgehead atoms. The van der Waals surface area contributed by atoms with Crippen LogP contribution in [0.2, 0.25) is 0 Å². The highest BCUT2D eigenvalue weighted by Gasteiger charge is 2.36. The highest BCUT2D eigenvalue weighted by molar-refractivity contribution is 8.18. The number of amides is 2. The van der Waals surface area contributed by atoms with Crippen molar-refractivity contribution in [3.63, 3.8) is 0 Å². The molecule has 0 aromatic heterocycles. The van der Waals surface area contributed by atoms with E-state index in [2.05, 4.69) is 4.74 Å². The molecule has 0 atom stereocenters. The first-order chi connectivity index (χ1) is 11.3. The lowest BCUT2D eigenvalue weighted by molar-refractivity contribution is -0.384. The van der Waals surface area contributed by atoms with Gasteiger partial charge in [0, 0.05) is 17.7 Å². The van der Waals surface area contributed by atoms with Crippen LogP contribution in [0.4, 0.5) is 10.5 Å². The zero-order chi connectivity index (χ0) is 17.9. The van der Waals surface area contributed by atoms with Crippen molar-refractivity contribution in [2.45, 2.75) is 6.92 Å². The van der Waals surface area contributed by atoms with Gasteiger partial charge < -0.3 is 9.84 Å². The van der Waals surface area contributed by atoms with Gasteiger partial charge in [-0.05, 0) is 30.8 Å². The summed E-state index contributed by atoms with van der Waals surface area (Å²) < 4.78 is 4.69. The molecule has 126 valence electrons. The van der Waals surface area contributed by atoms with Gasteiger partial charge in [0.1, 0.15) is 12.3 Å². The molecule has 24 heavy (non-hydrogen) atoms. The first kappa shape index (κ1) is 17.5. The van der Waals surface area contributed by atoms with E-state index in [9.17, 15) is 29.6 Å². The van der Waals surface area contributed by atoms with Gasteiger partial charge in [0.25, 0.3) is 16.8 Å². The SMILES string of the molecule is CCOC(=O)CN1C(=O)S/C(=C\c2cc([N+](=O)[O-])ccc2O)C1=O. The number of phenols is 1. The van der Waals surface area contributed by atoms with E-state index >= 15 is 0 Å². The Balaban J connectivity index is 2.27. The number of benzene rings is 1.